The monoisotopic (exact) mass is 375 g/mol. The Kier molecular flexibility index (Phi) is 6.14. The molecule has 2 nitrogen and oxygen atoms in total. The van der Waals surface area contributed by atoms with E-state index in [1.54, 1.807) is 12.1 Å². The molecule has 0 unspecified atom stereocenters. The normalized spacial score (nSPS) is 11.6. The molecule has 2 aromatic rings. The van der Waals surface area contributed by atoms with Crippen LogP contribution in [0, 0.1) is 12.8 Å². The number of aryl methyl sites for hydroxylation is 1. The first-order valence-corrected chi connectivity index (χ1v) is 8.87. The molecule has 0 bridgehead atoms. The lowest BCUT2D eigenvalue weighted by molar-refractivity contribution is -0.138. The Morgan fingerprint density at radius 1 is 1.15 bits per heavy atom. The Morgan fingerprint density at radius 3 is 2.33 bits per heavy atom. The topological polar surface area (TPSA) is 29.1 Å². The van der Waals surface area contributed by atoms with Crippen molar-refractivity contribution in [3.05, 3.63) is 70.8 Å². The summed E-state index contributed by atoms with van der Waals surface area (Å²) >= 11 is 0. The molecule has 0 fully saturated rings. The van der Waals surface area contributed by atoms with Crippen LogP contribution >= 0.6 is 0 Å². The number of alkyl halides is 3. The maximum atomic E-state index is 13.2. The van der Waals surface area contributed by atoms with Gasteiger partial charge in [0, 0.05) is 28.4 Å². The lowest BCUT2D eigenvalue weighted by atomic mass is 9.93. The molecule has 0 saturated carbocycles. The van der Waals surface area contributed by atoms with E-state index in [0.29, 0.717) is 28.9 Å². The molecule has 0 amide bonds. The van der Waals surface area contributed by atoms with Gasteiger partial charge in [0.2, 0.25) is 0 Å². The number of halogens is 3. The van der Waals surface area contributed by atoms with Crippen LogP contribution in [0.2, 0.25) is 0 Å². The summed E-state index contributed by atoms with van der Waals surface area (Å²) in [6, 6.07) is 9.47. The third-order valence-electron chi connectivity index (χ3n) is 4.55. The van der Waals surface area contributed by atoms with Gasteiger partial charge in [-0.25, -0.2) is 0 Å². The molecular weight excluding hydrogens is 351 g/mol. The summed E-state index contributed by atoms with van der Waals surface area (Å²) < 4.78 is 39.5. The molecule has 1 N–H and O–H groups in total. The van der Waals surface area contributed by atoms with Crippen molar-refractivity contribution in [3.8, 4) is 0 Å². The number of benzene rings is 2. The predicted molar refractivity (Wildman–Crippen MR) is 104 cm³/mol. The quantitative estimate of drug-likeness (QED) is 0.584. The fraction of sp³-hybridized carbons (Fsp3) is 0.318. The first-order chi connectivity index (χ1) is 12.6. The van der Waals surface area contributed by atoms with E-state index in [-0.39, 0.29) is 17.3 Å². The van der Waals surface area contributed by atoms with Crippen molar-refractivity contribution in [1.82, 2.24) is 0 Å². The molecule has 0 aromatic heterocycles. The Labute approximate surface area is 158 Å². The maximum absolute atomic E-state index is 13.2. The molecule has 0 spiro atoms. The van der Waals surface area contributed by atoms with E-state index < -0.39 is 11.7 Å². The van der Waals surface area contributed by atoms with Crippen molar-refractivity contribution in [2.45, 2.75) is 40.3 Å². The summed E-state index contributed by atoms with van der Waals surface area (Å²) in [5.74, 6) is -0.203. The van der Waals surface area contributed by atoms with Crippen LogP contribution in [0.15, 0.2) is 43.0 Å². The summed E-state index contributed by atoms with van der Waals surface area (Å²) in [6.07, 6.45) is -3.75. The third kappa shape index (κ3) is 4.41. The van der Waals surface area contributed by atoms with E-state index in [4.69, 9.17) is 0 Å². The number of hydrogen-bond acceptors (Lipinski definition) is 2. The van der Waals surface area contributed by atoms with Crippen molar-refractivity contribution >= 4 is 17.2 Å². The van der Waals surface area contributed by atoms with Gasteiger partial charge in [-0.3, -0.25) is 4.79 Å². The van der Waals surface area contributed by atoms with E-state index >= 15 is 0 Å². The molecule has 0 aliphatic carbocycles. The van der Waals surface area contributed by atoms with E-state index in [1.807, 2.05) is 32.9 Å². The van der Waals surface area contributed by atoms with Gasteiger partial charge in [0.25, 0.3) is 0 Å². The zero-order valence-corrected chi connectivity index (χ0v) is 16.0. The first kappa shape index (κ1) is 20.7. The number of nitrogens with one attached hydrogen (secondary N) is 1. The van der Waals surface area contributed by atoms with E-state index in [9.17, 15) is 18.0 Å². The maximum Gasteiger partial charge on any atom is 0.416 e. The second kappa shape index (κ2) is 7.99. The average molecular weight is 375 g/mol. The van der Waals surface area contributed by atoms with E-state index in [1.165, 1.54) is 13.0 Å². The number of carbonyl (C=O) groups is 1. The fourth-order valence-electron chi connectivity index (χ4n) is 3.08. The molecule has 2 rings (SSSR count). The van der Waals surface area contributed by atoms with Crippen molar-refractivity contribution in [3.63, 3.8) is 0 Å². The largest absolute Gasteiger partial charge is 0.416 e. The summed E-state index contributed by atoms with van der Waals surface area (Å²) in [4.78, 5) is 12.7. The lowest BCUT2D eigenvalue weighted by Crippen LogP contribution is -2.14. The van der Waals surface area contributed by atoms with E-state index in [2.05, 4.69) is 11.9 Å². The number of carbonyl (C=O) groups excluding carboxylic acids is 1. The molecular formula is C22H24F3NO. The molecule has 0 aliphatic rings. The van der Waals surface area contributed by atoms with Crippen LogP contribution in [0.5, 0.6) is 0 Å². The number of ketones is 1. The lowest BCUT2D eigenvalue weighted by Gasteiger charge is -2.20. The van der Waals surface area contributed by atoms with Gasteiger partial charge >= 0.3 is 6.18 Å². The number of rotatable bonds is 6. The van der Waals surface area contributed by atoms with E-state index in [0.717, 1.165) is 11.6 Å². The molecule has 27 heavy (non-hydrogen) atoms. The highest BCUT2D eigenvalue weighted by molar-refractivity contribution is 6.05. The molecule has 0 saturated heterocycles. The highest BCUT2D eigenvalue weighted by Gasteiger charge is 2.33. The predicted octanol–water partition coefficient (Wildman–Crippen LogP) is 6.50. The molecule has 144 valence electrons. The first-order valence-electron chi connectivity index (χ1n) is 8.87. The average Bonchev–Trinajstić information content (AvgIpc) is 2.59. The molecule has 0 atom stereocenters. The summed E-state index contributed by atoms with van der Waals surface area (Å²) in [5, 5.41) is 3.07. The standard InChI is InChI=1S/C22H24F3NO/c1-6-16-9-7-12-19(20(16)21(27)13(2)3)26-15(5)17-10-8-11-18(14(17)4)22(23,24)25/h7-13,26H,5-6H2,1-4H3. The smallest absolute Gasteiger partial charge is 0.355 e. The van der Waals surface area contributed by atoms with Gasteiger partial charge in [0.1, 0.15) is 0 Å². The second-order valence-electron chi connectivity index (χ2n) is 6.79. The van der Waals surface area contributed by atoms with Crippen LogP contribution < -0.4 is 5.32 Å². The molecule has 0 heterocycles. The van der Waals surface area contributed by atoms with Gasteiger partial charge in [-0.2, -0.15) is 13.2 Å². The number of anilines is 1. The minimum absolute atomic E-state index is 0.0106. The van der Waals surface area contributed by atoms with Gasteiger partial charge in [-0.1, -0.05) is 51.6 Å². The number of hydrogen-bond donors (Lipinski definition) is 1. The Hall–Kier alpha value is -2.56. The minimum Gasteiger partial charge on any atom is -0.355 e. The highest BCUT2D eigenvalue weighted by atomic mass is 19.4. The van der Waals surface area contributed by atoms with Crippen LogP contribution in [0.1, 0.15) is 53.4 Å². The van der Waals surface area contributed by atoms with Gasteiger partial charge < -0.3 is 5.32 Å². The van der Waals surface area contributed by atoms with Crippen LogP contribution in [0.4, 0.5) is 18.9 Å². The van der Waals surface area contributed by atoms with Crippen LogP contribution in [-0.4, -0.2) is 5.78 Å². The molecule has 5 heteroatoms. The molecule has 2 aromatic carbocycles. The van der Waals surface area contributed by atoms with Crippen LogP contribution in [0.25, 0.3) is 5.70 Å². The zero-order valence-electron chi connectivity index (χ0n) is 16.0. The SMILES string of the molecule is C=C(Nc1cccc(CC)c1C(=O)C(C)C)c1cccc(C(F)(F)F)c1C. The Bertz CT molecular complexity index is 866. The third-order valence-corrected chi connectivity index (χ3v) is 4.55. The molecule has 0 aliphatic heterocycles. The van der Waals surface area contributed by atoms with Crippen LogP contribution in [-0.2, 0) is 12.6 Å². The van der Waals surface area contributed by atoms with Crippen LogP contribution in [0.3, 0.4) is 0 Å². The Morgan fingerprint density at radius 2 is 1.78 bits per heavy atom. The Balaban J connectivity index is 2.47. The second-order valence-corrected chi connectivity index (χ2v) is 6.79. The fourth-order valence-corrected chi connectivity index (χ4v) is 3.08. The van der Waals surface area contributed by atoms with Crippen molar-refractivity contribution < 1.29 is 18.0 Å². The van der Waals surface area contributed by atoms with Gasteiger partial charge in [-0.05, 0) is 36.6 Å². The van der Waals surface area contributed by atoms with Crippen molar-refractivity contribution in [2.24, 2.45) is 5.92 Å². The van der Waals surface area contributed by atoms with Crippen molar-refractivity contribution in [2.75, 3.05) is 5.32 Å². The number of Topliss-reactive ketones (excluding diaryl/α,β-unsaturated/α-hetero) is 1. The van der Waals surface area contributed by atoms with Gasteiger partial charge in [0.05, 0.1) is 5.56 Å². The summed E-state index contributed by atoms with van der Waals surface area (Å²) in [6.45, 7) is 10.9. The van der Waals surface area contributed by atoms with Gasteiger partial charge in [-0.15, -0.1) is 0 Å². The van der Waals surface area contributed by atoms with Crippen molar-refractivity contribution in [1.29, 1.82) is 0 Å². The zero-order chi connectivity index (χ0) is 20.4. The molecule has 0 radical (unpaired) electrons. The summed E-state index contributed by atoms with van der Waals surface area (Å²) in [7, 11) is 0. The summed E-state index contributed by atoms with van der Waals surface area (Å²) in [5.41, 5.74) is 2.14. The minimum atomic E-state index is -4.43. The van der Waals surface area contributed by atoms with Gasteiger partial charge in [0.15, 0.2) is 5.78 Å². The highest BCUT2D eigenvalue weighted by Crippen LogP contribution is 2.35.